The van der Waals surface area contributed by atoms with Gasteiger partial charge in [-0.1, -0.05) is 36.4 Å². The van der Waals surface area contributed by atoms with Gasteiger partial charge in [-0.25, -0.2) is 4.98 Å². The minimum atomic E-state index is -1.19. The molecule has 3 heterocycles. The van der Waals surface area contributed by atoms with Crippen molar-refractivity contribution in [2.45, 2.75) is 25.8 Å². The summed E-state index contributed by atoms with van der Waals surface area (Å²) in [5.74, 6) is 0. The van der Waals surface area contributed by atoms with E-state index in [0.717, 1.165) is 39.0 Å². The van der Waals surface area contributed by atoms with Gasteiger partial charge in [0.15, 0.2) is 0 Å². The predicted octanol–water partition coefficient (Wildman–Crippen LogP) is 3.01. The molecule has 10 heteroatoms. The SMILES string of the molecule is Cc1c(-c2ccc(C(N)O)c3[nH]c(-c4cnn(C[C@H](O)CO)c4)cc23)cccc1-n1cnc2ccccc2c1=O. The number of para-hydroxylation sites is 1. The van der Waals surface area contributed by atoms with Crippen molar-refractivity contribution in [3.63, 3.8) is 0 Å². The Bertz CT molecular complexity index is 1920. The number of benzene rings is 3. The summed E-state index contributed by atoms with van der Waals surface area (Å²) in [6.45, 7) is 1.76. The number of H-pyrrole nitrogens is 1. The Morgan fingerprint density at radius 2 is 1.85 bits per heavy atom. The molecule has 6 rings (SSSR count). The van der Waals surface area contributed by atoms with Gasteiger partial charge in [0.1, 0.15) is 12.6 Å². The third-order valence-corrected chi connectivity index (χ3v) is 7.22. The molecule has 0 aliphatic rings. The maximum atomic E-state index is 13.3. The fourth-order valence-electron chi connectivity index (χ4n) is 5.17. The molecule has 10 nitrogen and oxygen atoms in total. The molecule has 0 saturated heterocycles. The van der Waals surface area contributed by atoms with Gasteiger partial charge in [-0.2, -0.15) is 5.10 Å². The van der Waals surface area contributed by atoms with Gasteiger partial charge in [0, 0.05) is 28.4 Å². The molecule has 3 aromatic heterocycles. The lowest BCUT2D eigenvalue weighted by molar-refractivity contribution is 0.0783. The lowest BCUT2D eigenvalue weighted by atomic mass is 9.94. The van der Waals surface area contributed by atoms with Crippen molar-refractivity contribution in [1.29, 1.82) is 0 Å². The van der Waals surface area contributed by atoms with Gasteiger partial charge in [-0.15, -0.1) is 0 Å². The summed E-state index contributed by atoms with van der Waals surface area (Å²) < 4.78 is 3.12. The molecule has 0 spiro atoms. The standard InChI is InChI=1S/C30H28N6O4/c1-17-20(6-4-8-27(17)36-16-32-25-7-3-2-5-22(25)30(36)40)21-9-10-23(29(31)39)28-24(21)11-26(34-28)18-12-33-35(13-18)14-19(38)15-37/h2-13,16,19,29,34,37-39H,14-15,31H2,1H3/t19-,29?/m0/s1. The Morgan fingerprint density at radius 3 is 2.65 bits per heavy atom. The van der Waals surface area contributed by atoms with E-state index in [4.69, 9.17) is 10.8 Å². The van der Waals surface area contributed by atoms with Crippen LogP contribution in [0.1, 0.15) is 17.4 Å². The number of aliphatic hydroxyl groups is 3. The van der Waals surface area contributed by atoms with E-state index in [0.29, 0.717) is 22.0 Å². The normalized spacial score (nSPS) is 13.2. The number of rotatable bonds is 7. The topological polar surface area (TPSA) is 155 Å². The fourth-order valence-corrected chi connectivity index (χ4v) is 5.17. The molecule has 202 valence electrons. The van der Waals surface area contributed by atoms with Crippen molar-refractivity contribution < 1.29 is 15.3 Å². The van der Waals surface area contributed by atoms with E-state index < -0.39 is 12.3 Å². The number of hydrogen-bond donors (Lipinski definition) is 5. The van der Waals surface area contributed by atoms with E-state index in [1.54, 1.807) is 40.1 Å². The zero-order valence-electron chi connectivity index (χ0n) is 21.7. The average molecular weight is 537 g/mol. The van der Waals surface area contributed by atoms with Gasteiger partial charge >= 0.3 is 0 Å². The van der Waals surface area contributed by atoms with Crippen LogP contribution in [0.5, 0.6) is 0 Å². The molecule has 0 saturated carbocycles. The van der Waals surface area contributed by atoms with E-state index in [9.17, 15) is 15.0 Å². The lowest BCUT2D eigenvalue weighted by Gasteiger charge is -2.16. The molecule has 3 aromatic carbocycles. The monoisotopic (exact) mass is 536 g/mol. The summed E-state index contributed by atoms with van der Waals surface area (Å²) in [5, 5.41) is 34.9. The third-order valence-electron chi connectivity index (χ3n) is 7.22. The highest BCUT2D eigenvalue weighted by molar-refractivity contribution is 6.01. The van der Waals surface area contributed by atoms with Gasteiger partial charge in [0.2, 0.25) is 0 Å². The minimum absolute atomic E-state index is 0.148. The van der Waals surface area contributed by atoms with Crippen molar-refractivity contribution in [3.8, 4) is 28.1 Å². The highest BCUT2D eigenvalue weighted by Crippen LogP contribution is 2.37. The Labute approximate surface area is 228 Å². The van der Waals surface area contributed by atoms with Gasteiger partial charge in [-0.05, 0) is 47.9 Å². The van der Waals surface area contributed by atoms with Crippen LogP contribution >= 0.6 is 0 Å². The zero-order valence-corrected chi connectivity index (χ0v) is 21.7. The minimum Gasteiger partial charge on any atom is -0.394 e. The number of fused-ring (bicyclic) bond motifs is 2. The van der Waals surface area contributed by atoms with Crippen LogP contribution in [0.2, 0.25) is 0 Å². The lowest BCUT2D eigenvalue weighted by Crippen LogP contribution is -2.19. The van der Waals surface area contributed by atoms with Crippen molar-refractivity contribution >= 4 is 21.8 Å². The van der Waals surface area contributed by atoms with Crippen LogP contribution in [0.15, 0.2) is 84.2 Å². The van der Waals surface area contributed by atoms with Crippen LogP contribution in [0, 0.1) is 6.92 Å². The summed E-state index contributed by atoms with van der Waals surface area (Å²) in [7, 11) is 0. The third kappa shape index (κ3) is 4.38. The van der Waals surface area contributed by atoms with Crippen molar-refractivity contribution in [2.24, 2.45) is 5.73 Å². The van der Waals surface area contributed by atoms with Crippen LogP contribution < -0.4 is 11.3 Å². The molecule has 6 N–H and O–H groups in total. The molecule has 2 atom stereocenters. The number of nitrogens with one attached hydrogen (secondary N) is 1. The van der Waals surface area contributed by atoms with Crippen LogP contribution in [0.4, 0.5) is 0 Å². The molecule has 0 amide bonds. The molecular formula is C30H28N6O4. The number of nitrogens with zero attached hydrogens (tertiary/aromatic N) is 4. The van der Waals surface area contributed by atoms with E-state index in [2.05, 4.69) is 15.1 Å². The first kappa shape index (κ1) is 25.7. The molecule has 6 aromatic rings. The first-order chi connectivity index (χ1) is 19.4. The van der Waals surface area contributed by atoms with Crippen LogP contribution in [-0.2, 0) is 6.54 Å². The van der Waals surface area contributed by atoms with Gasteiger partial charge in [0.05, 0.1) is 47.6 Å². The zero-order chi connectivity index (χ0) is 28.0. The summed E-state index contributed by atoms with van der Waals surface area (Å²) in [4.78, 5) is 21.2. The number of aromatic nitrogens is 5. The average Bonchev–Trinajstić information content (AvgIpc) is 3.61. The van der Waals surface area contributed by atoms with Crippen molar-refractivity contribution in [2.75, 3.05) is 6.61 Å². The summed E-state index contributed by atoms with van der Waals surface area (Å²) in [6, 6.07) is 18.7. The molecule has 0 bridgehead atoms. The maximum absolute atomic E-state index is 13.3. The molecule has 0 aliphatic heterocycles. The molecule has 40 heavy (non-hydrogen) atoms. The molecule has 1 unspecified atom stereocenters. The molecule has 0 radical (unpaired) electrons. The number of aromatic amines is 1. The number of hydrogen-bond acceptors (Lipinski definition) is 7. The second-order valence-electron chi connectivity index (χ2n) is 9.79. The largest absolute Gasteiger partial charge is 0.394 e. The number of nitrogens with two attached hydrogens (primary N) is 1. The summed E-state index contributed by atoms with van der Waals surface area (Å²) in [6.07, 6.45) is 2.88. The van der Waals surface area contributed by atoms with Gasteiger partial charge in [-0.3, -0.25) is 14.0 Å². The molecule has 0 fully saturated rings. The highest BCUT2D eigenvalue weighted by Gasteiger charge is 2.19. The quantitative estimate of drug-likeness (QED) is 0.196. The Kier molecular flexibility index (Phi) is 6.53. The van der Waals surface area contributed by atoms with E-state index >= 15 is 0 Å². The van der Waals surface area contributed by atoms with E-state index in [1.807, 2.05) is 55.5 Å². The van der Waals surface area contributed by atoms with Crippen LogP contribution in [0.25, 0.3) is 49.9 Å². The van der Waals surface area contributed by atoms with E-state index in [1.165, 1.54) is 0 Å². The highest BCUT2D eigenvalue weighted by atomic mass is 16.3. The van der Waals surface area contributed by atoms with Crippen LogP contribution in [-0.4, -0.2) is 52.3 Å². The smallest absolute Gasteiger partial charge is 0.265 e. The Hall–Kier alpha value is -4.61. The van der Waals surface area contributed by atoms with Crippen LogP contribution in [0.3, 0.4) is 0 Å². The Morgan fingerprint density at radius 1 is 1.02 bits per heavy atom. The van der Waals surface area contributed by atoms with Crippen molar-refractivity contribution in [3.05, 3.63) is 101 Å². The summed E-state index contributed by atoms with van der Waals surface area (Å²) >= 11 is 0. The Balaban J connectivity index is 1.50. The first-order valence-electron chi connectivity index (χ1n) is 12.8. The van der Waals surface area contributed by atoms with Gasteiger partial charge in [0.25, 0.3) is 5.56 Å². The second-order valence-corrected chi connectivity index (χ2v) is 9.79. The first-order valence-corrected chi connectivity index (χ1v) is 12.8. The van der Waals surface area contributed by atoms with E-state index in [-0.39, 0.29) is 18.7 Å². The fraction of sp³-hybridized carbons (Fsp3) is 0.167. The van der Waals surface area contributed by atoms with Crippen molar-refractivity contribution in [1.82, 2.24) is 24.3 Å². The number of aliphatic hydroxyl groups excluding tert-OH is 3. The molecular weight excluding hydrogens is 508 g/mol. The second kappa shape index (κ2) is 10.2. The maximum Gasteiger partial charge on any atom is 0.265 e. The van der Waals surface area contributed by atoms with Gasteiger partial charge < -0.3 is 26.0 Å². The predicted molar refractivity (Wildman–Crippen MR) is 153 cm³/mol. The summed E-state index contributed by atoms with van der Waals surface area (Å²) in [5.41, 5.74) is 12.5. The molecule has 0 aliphatic carbocycles.